The maximum absolute atomic E-state index is 13.1. The molecule has 8 heteroatoms. The van der Waals surface area contributed by atoms with Crippen molar-refractivity contribution in [3.05, 3.63) is 131 Å². The van der Waals surface area contributed by atoms with Crippen LogP contribution in [0.15, 0.2) is 120 Å². The van der Waals surface area contributed by atoms with E-state index in [-0.39, 0.29) is 0 Å². The Morgan fingerprint density at radius 1 is 0.829 bits per heavy atom. The highest BCUT2D eigenvalue weighted by atomic mass is 32.1. The number of benzene rings is 4. The Bertz CT molecular complexity index is 1820. The number of carbonyl (C=O) groups excluding carboxylic acids is 1. The van der Waals surface area contributed by atoms with Gasteiger partial charge in [0.05, 0.1) is 11.9 Å². The maximum atomic E-state index is 13.1. The van der Waals surface area contributed by atoms with Crippen LogP contribution in [-0.4, -0.2) is 22.3 Å². The first-order valence-electron chi connectivity index (χ1n) is 13.0. The van der Waals surface area contributed by atoms with E-state index in [1.54, 1.807) is 6.21 Å². The van der Waals surface area contributed by atoms with Crippen LogP contribution >= 0.6 is 11.3 Å². The van der Waals surface area contributed by atoms with Gasteiger partial charge in [-0.2, -0.15) is 5.10 Å². The Morgan fingerprint density at radius 2 is 1.46 bits per heavy atom. The lowest BCUT2D eigenvalue weighted by molar-refractivity contribution is 0.0960. The molecule has 200 valence electrons. The zero-order valence-electron chi connectivity index (χ0n) is 21.9. The number of thiophene rings is 1. The number of nitrogens with two attached hydrogens (primary N) is 1. The molecule has 4 aromatic carbocycles. The number of fused-ring (bicyclic) bond motifs is 1. The molecule has 0 radical (unpaired) electrons. The first-order chi connectivity index (χ1) is 20.2. The van der Waals surface area contributed by atoms with E-state index in [1.165, 1.54) is 11.3 Å². The predicted octanol–water partition coefficient (Wildman–Crippen LogP) is 6.95. The number of nitrogens with one attached hydrogen (secondary N) is 1. The van der Waals surface area contributed by atoms with Gasteiger partial charge in [0.15, 0.2) is 0 Å². The second-order valence-corrected chi connectivity index (χ2v) is 10.2. The largest absolute Gasteiger partial charge is 0.489 e. The number of ether oxygens (including phenoxy) is 1. The van der Waals surface area contributed by atoms with Gasteiger partial charge in [-0.05, 0) is 41.0 Å². The fourth-order valence-electron chi connectivity index (χ4n) is 4.47. The summed E-state index contributed by atoms with van der Waals surface area (Å²) in [5, 5.41) is 13.8. The number of hydrazone groups is 1. The standard InChI is InChI=1S/C33H25N5O2S/c34-29-28-27(24-12-6-2-7-13-24)30(25-14-8-3-9-15-25)36-38-33(28)41-31(29)32(39)37-35-20-22-16-18-26(19-17-22)40-21-23-10-4-1-5-11-23/h1-20H,21,34H2,(H,37,39)/b35-20-. The van der Waals surface area contributed by atoms with Gasteiger partial charge in [0.2, 0.25) is 0 Å². The van der Waals surface area contributed by atoms with E-state index in [1.807, 2.05) is 115 Å². The summed E-state index contributed by atoms with van der Waals surface area (Å²) >= 11 is 1.20. The molecular weight excluding hydrogens is 530 g/mol. The van der Waals surface area contributed by atoms with Crippen LogP contribution in [0.4, 0.5) is 5.69 Å². The van der Waals surface area contributed by atoms with Gasteiger partial charge in [0.1, 0.15) is 27.8 Å². The number of carbonyl (C=O) groups is 1. The molecule has 2 aromatic heterocycles. The van der Waals surface area contributed by atoms with Crippen LogP contribution in [0.1, 0.15) is 20.8 Å². The van der Waals surface area contributed by atoms with Crippen LogP contribution in [0.2, 0.25) is 0 Å². The molecule has 3 N–H and O–H groups in total. The Labute approximate surface area is 241 Å². The molecule has 0 spiro atoms. The van der Waals surface area contributed by atoms with Gasteiger partial charge in [-0.15, -0.1) is 21.5 Å². The molecule has 0 unspecified atom stereocenters. The third-order valence-corrected chi connectivity index (χ3v) is 7.57. The molecule has 41 heavy (non-hydrogen) atoms. The van der Waals surface area contributed by atoms with E-state index in [9.17, 15) is 4.79 Å². The summed E-state index contributed by atoms with van der Waals surface area (Å²) in [4.78, 5) is 14.1. The molecule has 0 aliphatic heterocycles. The predicted molar refractivity (Wildman–Crippen MR) is 165 cm³/mol. The summed E-state index contributed by atoms with van der Waals surface area (Å²) in [6.45, 7) is 0.490. The smallest absolute Gasteiger partial charge is 0.283 e. The van der Waals surface area contributed by atoms with E-state index in [4.69, 9.17) is 10.5 Å². The topological polar surface area (TPSA) is 102 Å². The lowest BCUT2D eigenvalue weighted by atomic mass is 9.96. The van der Waals surface area contributed by atoms with Crippen molar-refractivity contribution in [2.24, 2.45) is 5.10 Å². The minimum Gasteiger partial charge on any atom is -0.489 e. The lowest BCUT2D eigenvalue weighted by Gasteiger charge is -2.11. The van der Waals surface area contributed by atoms with Crippen LogP contribution in [0.5, 0.6) is 5.75 Å². The number of nitrogen functional groups attached to an aromatic ring is 1. The Kier molecular flexibility index (Phi) is 7.46. The van der Waals surface area contributed by atoms with Crippen molar-refractivity contribution in [2.45, 2.75) is 6.61 Å². The van der Waals surface area contributed by atoms with E-state index in [0.717, 1.165) is 33.6 Å². The summed E-state index contributed by atoms with van der Waals surface area (Å²) in [7, 11) is 0. The van der Waals surface area contributed by atoms with Gasteiger partial charge in [-0.3, -0.25) is 4.79 Å². The first kappa shape index (κ1) is 25.9. The van der Waals surface area contributed by atoms with E-state index in [0.29, 0.717) is 33.1 Å². The van der Waals surface area contributed by atoms with Gasteiger partial charge in [0.25, 0.3) is 5.91 Å². The third kappa shape index (κ3) is 5.68. The van der Waals surface area contributed by atoms with Crippen LogP contribution < -0.4 is 15.9 Å². The van der Waals surface area contributed by atoms with Crippen molar-refractivity contribution in [1.82, 2.24) is 15.6 Å². The lowest BCUT2D eigenvalue weighted by Crippen LogP contribution is -2.17. The number of nitrogens with zero attached hydrogens (tertiary/aromatic N) is 3. The minimum atomic E-state index is -0.412. The molecule has 0 saturated carbocycles. The monoisotopic (exact) mass is 555 g/mol. The highest BCUT2D eigenvalue weighted by molar-refractivity contribution is 7.21. The number of amides is 1. The van der Waals surface area contributed by atoms with Gasteiger partial charge < -0.3 is 10.5 Å². The fourth-order valence-corrected chi connectivity index (χ4v) is 5.41. The number of aromatic nitrogens is 2. The molecule has 0 saturated heterocycles. The zero-order valence-corrected chi connectivity index (χ0v) is 22.7. The van der Waals surface area contributed by atoms with Gasteiger partial charge >= 0.3 is 0 Å². The number of hydrogen-bond donors (Lipinski definition) is 2. The van der Waals surface area contributed by atoms with Crippen LogP contribution in [0.3, 0.4) is 0 Å². The molecule has 0 fully saturated rings. The van der Waals surface area contributed by atoms with E-state index < -0.39 is 5.91 Å². The zero-order chi connectivity index (χ0) is 28.0. The average Bonchev–Trinajstić information content (AvgIpc) is 3.38. The normalized spacial score (nSPS) is 11.1. The highest BCUT2D eigenvalue weighted by Crippen LogP contribution is 2.42. The molecule has 6 aromatic rings. The molecule has 1 amide bonds. The average molecular weight is 556 g/mol. The summed E-state index contributed by atoms with van der Waals surface area (Å²) in [5.41, 5.74) is 14.9. The number of hydrogen-bond acceptors (Lipinski definition) is 7. The van der Waals surface area contributed by atoms with Crippen molar-refractivity contribution < 1.29 is 9.53 Å². The maximum Gasteiger partial charge on any atom is 0.283 e. The minimum absolute atomic E-state index is 0.332. The number of rotatable bonds is 8. The van der Waals surface area contributed by atoms with Crippen molar-refractivity contribution in [3.8, 4) is 28.1 Å². The SMILES string of the molecule is Nc1c(C(=O)N/N=C\c2ccc(OCc3ccccc3)cc2)sc2nnc(-c3ccccc3)c(-c3ccccc3)c12. The van der Waals surface area contributed by atoms with Crippen molar-refractivity contribution >= 4 is 39.4 Å². The molecule has 0 atom stereocenters. The molecule has 0 bridgehead atoms. The molecule has 7 nitrogen and oxygen atoms in total. The van der Waals surface area contributed by atoms with Gasteiger partial charge in [-0.25, -0.2) is 5.43 Å². The first-order valence-corrected chi connectivity index (χ1v) is 13.8. The molecule has 0 aliphatic rings. The summed E-state index contributed by atoms with van der Waals surface area (Å²) in [5.74, 6) is 0.336. The number of anilines is 1. The van der Waals surface area contributed by atoms with Crippen molar-refractivity contribution in [3.63, 3.8) is 0 Å². The second kappa shape index (κ2) is 11.8. The Hall–Kier alpha value is -5.34. The highest BCUT2D eigenvalue weighted by Gasteiger charge is 2.23. The van der Waals surface area contributed by atoms with Crippen LogP contribution in [-0.2, 0) is 6.61 Å². The molecular formula is C33H25N5O2S. The van der Waals surface area contributed by atoms with Crippen molar-refractivity contribution in [2.75, 3.05) is 5.73 Å². The van der Waals surface area contributed by atoms with Crippen LogP contribution in [0, 0.1) is 0 Å². The molecule has 6 rings (SSSR count). The molecule has 2 heterocycles. The Morgan fingerprint density at radius 3 is 2.15 bits per heavy atom. The summed E-state index contributed by atoms with van der Waals surface area (Å²) in [6.07, 6.45) is 1.57. The van der Waals surface area contributed by atoms with Gasteiger partial charge in [-0.1, -0.05) is 91.0 Å². The summed E-state index contributed by atoms with van der Waals surface area (Å²) < 4.78 is 5.83. The second-order valence-electron chi connectivity index (χ2n) is 9.22. The van der Waals surface area contributed by atoms with Crippen molar-refractivity contribution in [1.29, 1.82) is 0 Å². The van der Waals surface area contributed by atoms with Gasteiger partial charge in [0, 0.05) is 16.5 Å². The van der Waals surface area contributed by atoms with E-state index in [2.05, 4.69) is 20.7 Å². The Balaban J connectivity index is 1.22. The molecule has 0 aliphatic carbocycles. The van der Waals surface area contributed by atoms with E-state index >= 15 is 0 Å². The summed E-state index contributed by atoms with van der Waals surface area (Å²) in [6, 6.07) is 37.2. The quantitative estimate of drug-likeness (QED) is 0.156. The fraction of sp³-hybridized carbons (Fsp3) is 0.0303. The van der Waals surface area contributed by atoms with Crippen LogP contribution in [0.25, 0.3) is 32.6 Å². The third-order valence-electron chi connectivity index (χ3n) is 6.48.